The van der Waals surface area contributed by atoms with Crippen molar-refractivity contribution in [3.05, 3.63) is 35.4 Å². The van der Waals surface area contributed by atoms with Crippen LogP contribution >= 0.6 is 0 Å². The summed E-state index contributed by atoms with van der Waals surface area (Å²) in [5, 5.41) is 8.93. The van der Waals surface area contributed by atoms with E-state index in [9.17, 15) is 4.79 Å². The van der Waals surface area contributed by atoms with Crippen molar-refractivity contribution in [2.24, 2.45) is 11.8 Å². The van der Waals surface area contributed by atoms with Gasteiger partial charge in [-0.05, 0) is 42.7 Å². The molecule has 0 saturated heterocycles. The molecule has 0 bridgehead atoms. The Labute approximate surface area is 113 Å². The van der Waals surface area contributed by atoms with Crippen LogP contribution in [0.4, 0.5) is 0 Å². The molecule has 1 fully saturated rings. The smallest absolute Gasteiger partial charge is 0.227 e. The van der Waals surface area contributed by atoms with Crippen LogP contribution in [-0.4, -0.2) is 23.9 Å². The first-order valence-electron chi connectivity index (χ1n) is 6.89. The van der Waals surface area contributed by atoms with Crippen molar-refractivity contribution < 1.29 is 4.79 Å². The minimum atomic E-state index is -0.342. The Morgan fingerprint density at radius 1 is 1.47 bits per heavy atom. The molecule has 1 saturated carbocycles. The van der Waals surface area contributed by atoms with Crippen LogP contribution in [-0.2, 0) is 11.2 Å². The van der Waals surface area contributed by atoms with E-state index in [4.69, 9.17) is 5.26 Å². The van der Waals surface area contributed by atoms with E-state index in [1.165, 1.54) is 11.1 Å². The van der Waals surface area contributed by atoms with Crippen LogP contribution in [0.1, 0.15) is 30.4 Å². The molecule has 4 unspecified atom stereocenters. The standard InChI is InChI=1S/C16H18N2O/c1-10(9-17)18(2)16(19)15-13-8-7-11-5-3-4-6-12(11)14(13)15/h3-6,10,13-15H,7-8H2,1-2H3. The summed E-state index contributed by atoms with van der Waals surface area (Å²) in [5.74, 6) is 1.13. The Morgan fingerprint density at radius 2 is 2.21 bits per heavy atom. The molecule has 0 radical (unpaired) electrons. The van der Waals surface area contributed by atoms with Gasteiger partial charge in [0.25, 0.3) is 0 Å². The molecule has 1 amide bonds. The monoisotopic (exact) mass is 254 g/mol. The molecule has 1 aromatic carbocycles. The van der Waals surface area contributed by atoms with Crippen LogP contribution in [0.5, 0.6) is 0 Å². The molecular weight excluding hydrogens is 236 g/mol. The number of amides is 1. The lowest BCUT2D eigenvalue weighted by molar-refractivity contribution is -0.132. The zero-order valence-corrected chi connectivity index (χ0v) is 11.3. The SMILES string of the molecule is CC(C#N)N(C)C(=O)C1C2CCc3ccccc3C21. The zero-order valence-electron chi connectivity index (χ0n) is 11.3. The third-order valence-corrected chi connectivity index (χ3v) is 4.73. The van der Waals surface area contributed by atoms with Gasteiger partial charge in [-0.25, -0.2) is 0 Å². The second-order valence-corrected chi connectivity index (χ2v) is 5.71. The first-order valence-corrected chi connectivity index (χ1v) is 6.89. The van der Waals surface area contributed by atoms with E-state index in [1.807, 2.05) is 0 Å². The lowest BCUT2D eigenvalue weighted by Crippen LogP contribution is -2.35. The summed E-state index contributed by atoms with van der Waals surface area (Å²) >= 11 is 0. The predicted molar refractivity (Wildman–Crippen MR) is 72.3 cm³/mol. The number of carbonyl (C=O) groups excluding carboxylic acids is 1. The largest absolute Gasteiger partial charge is 0.330 e. The van der Waals surface area contributed by atoms with E-state index >= 15 is 0 Å². The highest BCUT2D eigenvalue weighted by Crippen LogP contribution is 2.60. The van der Waals surface area contributed by atoms with Crippen LogP contribution in [0.3, 0.4) is 0 Å². The van der Waals surface area contributed by atoms with Gasteiger partial charge in [0, 0.05) is 13.0 Å². The normalized spacial score (nSPS) is 28.6. The topological polar surface area (TPSA) is 44.1 Å². The van der Waals surface area contributed by atoms with Crippen LogP contribution in [0.15, 0.2) is 24.3 Å². The fourth-order valence-corrected chi connectivity index (χ4v) is 3.42. The average Bonchev–Trinajstić information content (AvgIpc) is 3.19. The van der Waals surface area contributed by atoms with Crippen molar-refractivity contribution in [3.8, 4) is 6.07 Å². The molecule has 98 valence electrons. The number of carbonyl (C=O) groups is 1. The second-order valence-electron chi connectivity index (χ2n) is 5.71. The number of hydrogen-bond donors (Lipinski definition) is 0. The third-order valence-electron chi connectivity index (χ3n) is 4.73. The van der Waals surface area contributed by atoms with Crippen LogP contribution in [0, 0.1) is 23.2 Å². The lowest BCUT2D eigenvalue weighted by Gasteiger charge is -2.19. The average molecular weight is 254 g/mol. The molecule has 3 nitrogen and oxygen atoms in total. The quantitative estimate of drug-likeness (QED) is 0.813. The number of aryl methyl sites for hydroxylation is 1. The fourth-order valence-electron chi connectivity index (χ4n) is 3.42. The van der Waals surface area contributed by atoms with E-state index in [2.05, 4.69) is 30.3 Å². The molecule has 0 heterocycles. The fraction of sp³-hybridized carbons (Fsp3) is 0.500. The molecule has 0 aromatic heterocycles. The van der Waals surface area contributed by atoms with Gasteiger partial charge in [0.1, 0.15) is 6.04 Å². The Hall–Kier alpha value is -1.82. The van der Waals surface area contributed by atoms with Crippen molar-refractivity contribution in [1.82, 2.24) is 4.90 Å². The molecule has 19 heavy (non-hydrogen) atoms. The van der Waals surface area contributed by atoms with Crippen LogP contribution in [0.2, 0.25) is 0 Å². The summed E-state index contributed by atoms with van der Waals surface area (Å²) in [6.45, 7) is 1.78. The second kappa shape index (κ2) is 4.38. The molecule has 0 N–H and O–H groups in total. The van der Waals surface area contributed by atoms with Gasteiger partial charge in [0.2, 0.25) is 5.91 Å². The predicted octanol–water partition coefficient (Wildman–Crippen LogP) is 2.33. The molecule has 0 spiro atoms. The summed E-state index contributed by atoms with van der Waals surface area (Å²) in [4.78, 5) is 14.1. The van der Waals surface area contributed by atoms with Gasteiger partial charge >= 0.3 is 0 Å². The summed E-state index contributed by atoms with van der Waals surface area (Å²) < 4.78 is 0. The summed E-state index contributed by atoms with van der Waals surface area (Å²) in [5.41, 5.74) is 2.75. The lowest BCUT2D eigenvalue weighted by atomic mass is 9.92. The van der Waals surface area contributed by atoms with E-state index < -0.39 is 0 Å². The summed E-state index contributed by atoms with van der Waals surface area (Å²) in [6.07, 6.45) is 2.19. The van der Waals surface area contributed by atoms with Crippen LogP contribution < -0.4 is 0 Å². The van der Waals surface area contributed by atoms with E-state index in [-0.39, 0.29) is 17.9 Å². The minimum absolute atomic E-state index is 0.101. The maximum Gasteiger partial charge on any atom is 0.227 e. The first kappa shape index (κ1) is 12.2. The third kappa shape index (κ3) is 1.83. The molecule has 2 aliphatic rings. The van der Waals surface area contributed by atoms with Gasteiger partial charge in [-0.15, -0.1) is 0 Å². The molecule has 4 atom stereocenters. The van der Waals surface area contributed by atoms with Gasteiger partial charge in [-0.3, -0.25) is 4.79 Å². The number of nitrogens with zero attached hydrogens (tertiary/aromatic N) is 2. The van der Waals surface area contributed by atoms with Crippen LogP contribution in [0.25, 0.3) is 0 Å². The highest BCUT2D eigenvalue weighted by molar-refractivity contribution is 5.84. The van der Waals surface area contributed by atoms with Gasteiger partial charge in [-0.1, -0.05) is 24.3 Å². The van der Waals surface area contributed by atoms with Crippen molar-refractivity contribution in [2.45, 2.75) is 31.7 Å². The minimum Gasteiger partial charge on any atom is -0.330 e. The van der Waals surface area contributed by atoms with Gasteiger partial charge < -0.3 is 4.90 Å². The van der Waals surface area contributed by atoms with Gasteiger partial charge in [0.15, 0.2) is 0 Å². The maximum absolute atomic E-state index is 12.5. The van der Waals surface area contributed by atoms with Crippen molar-refractivity contribution in [1.29, 1.82) is 5.26 Å². The molecule has 0 aliphatic heterocycles. The number of nitriles is 1. The molecular formula is C16H18N2O. The Balaban J connectivity index is 1.81. The Bertz CT molecular complexity index is 560. The number of rotatable bonds is 2. The van der Waals surface area contributed by atoms with Gasteiger partial charge in [0.05, 0.1) is 6.07 Å². The Morgan fingerprint density at radius 3 is 2.95 bits per heavy atom. The van der Waals surface area contributed by atoms with Crippen molar-refractivity contribution in [2.75, 3.05) is 7.05 Å². The number of benzene rings is 1. The molecule has 1 aromatic rings. The summed E-state index contributed by atoms with van der Waals surface area (Å²) in [7, 11) is 1.74. The van der Waals surface area contributed by atoms with Crippen molar-refractivity contribution in [3.63, 3.8) is 0 Å². The maximum atomic E-state index is 12.5. The number of fused-ring (bicyclic) bond motifs is 3. The van der Waals surface area contributed by atoms with E-state index in [0.717, 1.165) is 12.8 Å². The van der Waals surface area contributed by atoms with Crippen molar-refractivity contribution >= 4 is 5.91 Å². The Kier molecular flexibility index (Phi) is 2.82. The number of hydrogen-bond acceptors (Lipinski definition) is 2. The highest BCUT2D eigenvalue weighted by Gasteiger charge is 2.57. The van der Waals surface area contributed by atoms with E-state index in [0.29, 0.717) is 11.8 Å². The first-order chi connectivity index (χ1) is 9.15. The molecule has 2 aliphatic carbocycles. The summed E-state index contributed by atoms with van der Waals surface area (Å²) in [6, 6.07) is 10.3. The molecule has 3 rings (SSSR count). The molecule has 3 heteroatoms. The zero-order chi connectivity index (χ0) is 13.6. The van der Waals surface area contributed by atoms with Gasteiger partial charge in [-0.2, -0.15) is 5.26 Å². The van der Waals surface area contributed by atoms with E-state index in [1.54, 1.807) is 18.9 Å². The highest BCUT2D eigenvalue weighted by atomic mass is 16.2.